The van der Waals surface area contributed by atoms with E-state index >= 15 is 0 Å². The third-order valence-electron chi connectivity index (χ3n) is 3.26. The second-order valence-electron chi connectivity index (χ2n) is 7.75. The Morgan fingerprint density at radius 3 is 2.22 bits per heavy atom. The quantitative estimate of drug-likeness (QED) is 0.374. The predicted molar refractivity (Wildman–Crippen MR) is 104 cm³/mol. The largest absolute Gasteiger partial charge is 0.445 e. The summed E-state index contributed by atoms with van der Waals surface area (Å²) in [5.74, 6) is 0.264. The molecule has 0 aromatic heterocycles. The molecule has 3 N–H and O–H groups in total. The minimum absolute atomic E-state index is 0.00281. The van der Waals surface area contributed by atoms with Crippen LogP contribution in [-0.4, -0.2) is 49.9 Å². The van der Waals surface area contributed by atoms with Crippen molar-refractivity contribution in [1.29, 1.82) is 0 Å². The summed E-state index contributed by atoms with van der Waals surface area (Å²) in [6.07, 6.45) is 1.52. The molecular weight excluding hydrogens is 350 g/mol. The van der Waals surface area contributed by atoms with Crippen molar-refractivity contribution in [3.8, 4) is 0 Å². The molecule has 0 fully saturated rings. The zero-order chi connectivity index (χ0) is 20.9. The molecule has 0 aromatic rings. The van der Waals surface area contributed by atoms with E-state index in [2.05, 4.69) is 36.4 Å². The molecule has 0 aromatic carbocycles. The van der Waals surface area contributed by atoms with Crippen LogP contribution in [0.4, 0.5) is 9.59 Å². The molecule has 1 atom stereocenters. The lowest BCUT2D eigenvalue weighted by Crippen LogP contribution is -2.38. The predicted octanol–water partition coefficient (Wildman–Crippen LogP) is 2.59. The number of hydrogen-bond acceptors (Lipinski definition) is 5. The van der Waals surface area contributed by atoms with Crippen molar-refractivity contribution in [1.82, 2.24) is 16.0 Å². The van der Waals surface area contributed by atoms with E-state index in [-0.39, 0.29) is 31.4 Å². The van der Waals surface area contributed by atoms with Crippen LogP contribution in [0.25, 0.3) is 0 Å². The van der Waals surface area contributed by atoms with E-state index in [4.69, 9.17) is 9.47 Å². The molecule has 8 heteroatoms. The summed E-state index contributed by atoms with van der Waals surface area (Å²) in [4.78, 5) is 35.2. The Morgan fingerprint density at radius 2 is 1.67 bits per heavy atom. The summed E-state index contributed by atoms with van der Waals surface area (Å²) in [5.41, 5.74) is -0.561. The highest BCUT2D eigenvalue weighted by molar-refractivity contribution is 5.76. The molecule has 0 aliphatic rings. The highest BCUT2D eigenvalue weighted by Gasteiger charge is 2.20. The van der Waals surface area contributed by atoms with E-state index < -0.39 is 17.8 Å². The van der Waals surface area contributed by atoms with Gasteiger partial charge in [-0.1, -0.05) is 26.5 Å². The van der Waals surface area contributed by atoms with E-state index in [0.29, 0.717) is 19.0 Å². The van der Waals surface area contributed by atoms with Gasteiger partial charge >= 0.3 is 12.2 Å². The van der Waals surface area contributed by atoms with E-state index in [1.807, 2.05) is 0 Å². The second kappa shape index (κ2) is 13.0. The number of alkyl carbamates (subject to hydrolysis) is 2. The fourth-order valence-corrected chi connectivity index (χ4v) is 2.33. The van der Waals surface area contributed by atoms with Crippen molar-refractivity contribution in [3.63, 3.8) is 0 Å². The van der Waals surface area contributed by atoms with Gasteiger partial charge in [0.1, 0.15) is 12.2 Å². The first-order valence-corrected chi connectivity index (χ1v) is 9.28. The summed E-state index contributed by atoms with van der Waals surface area (Å²) >= 11 is 0. The molecular formula is C19H35N3O5. The summed E-state index contributed by atoms with van der Waals surface area (Å²) in [6, 6.07) is 0. The van der Waals surface area contributed by atoms with E-state index in [1.54, 1.807) is 20.8 Å². The van der Waals surface area contributed by atoms with Crippen LogP contribution in [0.15, 0.2) is 12.7 Å². The second-order valence-corrected chi connectivity index (χ2v) is 7.75. The molecule has 27 heavy (non-hydrogen) atoms. The Kier molecular flexibility index (Phi) is 11.9. The lowest BCUT2D eigenvalue weighted by molar-refractivity contribution is -0.122. The number of carbonyl (C=O) groups is 3. The summed E-state index contributed by atoms with van der Waals surface area (Å²) in [6.45, 7) is 14.1. The number of nitrogens with one attached hydrogen (secondary N) is 3. The molecule has 0 aliphatic carbocycles. The van der Waals surface area contributed by atoms with Gasteiger partial charge < -0.3 is 25.4 Å². The molecule has 1 unspecified atom stereocenters. The van der Waals surface area contributed by atoms with E-state index in [1.165, 1.54) is 6.08 Å². The van der Waals surface area contributed by atoms with Gasteiger partial charge in [0.15, 0.2) is 0 Å². The molecule has 0 saturated heterocycles. The van der Waals surface area contributed by atoms with Crippen LogP contribution in [-0.2, 0) is 14.3 Å². The zero-order valence-corrected chi connectivity index (χ0v) is 17.2. The minimum atomic E-state index is -0.561. The first-order valence-electron chi connectivity index (χ1n) is 9.28. The van der Waals surface area contributed by atoms with Gasteiger partial charge in [0.25, 0.3) is 0 Å². The monoisotopic (exact) mass is 385 g/mol. The maximum absolute atomic E-state index is 12.1. The number of carbonyl (C=O) groups excluding carboxylic acids is 3. The Balaban J connectivity index is 4.23. The normalized spacial score (nSPS) is 12.1. The van der Waals surface area contributed by atoms with Crippen molar-refractivity contribution in [2.75, 3.05) is 26.2 Å². The average Bonchev–Trinajstić information content (AvgIpc) is 2.52. The first kappa shape index (κ1) is 24.8. The highest BCUT2D eigenvalue weighted by Crippen LogP contribution is 2.15. The third kappa shape index (κ3) is 15.7. The van der Waals surface area contributed by atoms with Gasteiger partial charge in [-0.15, -0.1) is 0 Å². The number of amides is 3. The molecule has 0 spiro atoms. The van der Waals surface area contributed by atoms with E-state index in [9.17, 15) is 14.4 Å². The van der Waals surface area contributed by atoms with Crippen LogP contribution in [0, 0.1) is 11.8 Å². The first-order chi connectivity index (χ1) is 12.5. The zero-order valence-electron chi connectivity index (χ0n) is 17.2. The lowest BCUT2D eigenvalue weighted by atomic mass is 9.94. The van der Waals surface area contributed by atoms with Crippen molar-refractivity contribution in [2.45, 2.75) is 53.1 Å². The van der Waals surface area contributed by atoms with Crippen LogP contribution >= 0.6 is 0 Å². The van der Waals surface area contributed by atoms with Crippen LogP contribution in [0.1, 0.15) is 47.5 Å². The van der Waals surface area contributed by atoms with Gasteiger partial charge in [-0.25, -0.2) is 9.59 Å². The minimum Gasteiger partial charge on any atom is -0.445 e. The number of hydrogen-bond donors (Lipinski definition) is 3. The molecule has 0 rings (SSSR count). The van der Waals surface area contributed by atoms with Crippen molar-refractivity contribution < 1.29 is 23.9 Å². The fraction of sp³-hybridized carbons (Fsp3) is 0.737. The highest BCUT2D eigenvalue weighted by atomic mass is 16.6. The molecule has 0 heterocycles. The van der Waals surface area contributed by atoms with Crippen LogP contribution in [0.3, 0.4) is 0 Å². The Hall–Kier alpha value is -2.25. The molecule has 0 bridgehead atoms. The van der Waals surface area contributed by atoms with Crippen molar-refractivity contribution >= 4 is 18.1 Å². The summed E-state index contributed by atoms with van der Waals surface area (Å²) in [5, 5.41) is 8.00. The molecule has 0 radical (unpaired) electrons. The van der Waals surface area contributed by atoms with E-state index in [0.717, 1.165) is 6.42 Å². The van der Waals surface area contributed by atoms with Crippen LogP contribution in [0.5, 0.6) is 0 Å². The number of ether oxygens (including phenoxy) is 2. The molecule has 3 amide bonds. The third-order valence-corrected chi connectivity index (χ3v) is 3.26. The van der Waals surface area contributed by atoms with Gasteiger partial charge in [-0.3, -0.25) is 4.79 Å². The van der Waals surface area contributed by atoms with Crippen molar-refractivity contribution in [2.24, 2.45) is 11.8 Å². The van der Waals surface area contributed by atoms with Crippen LogP contribution in [0.2, 0.25) is 0 Å². The Bertz CT molecular complexity index is 486. The average molecular weight is 386 g/mol. The number of rotatable bonds is 11. The van der Waals surface area contributed by atoms with Crippen molar-refractivity contribution in [3.05, 3.63) is 12.7 Å². The van der Waals surface area contributed by atoms with Gasteiger partial charge in [0, 0.05) is 26.1 Å². The molecule has 8 nitrogen and oxygen atoms in total. The summed E-state index contributed by atoms with van der Waals surface area (Å²) in [7, 11) is 0. The maximum Gasteiger partial charge on any atom is 0.407 e. The smallest absolute Gasteiger partial charge is 0.407 e. The topological polar surface area (TPSA) is 106 Å². The Labute approximate surface area is 162 Å². The van der Waals surface area contributed by atoms with Gasteiger partial charge in [-0.2, -0.15) is 0 Å². The van der Waals surface area contributed by atoms with Gasteiger partial charge in [0.2, 0.25) is 5.91 Å². The standard InChI is InChI=1S/C19H35N3O5/c1-7-10-26-17(24)21-9-8-20-16(23)12-15(11-14(2)3)13-22-18(25)27-19(4,5)6/h7,14-15H,1,8-13H2,2-6H3,(H,20,23)(H,21,24)(H,22,25). The molecule has 0 saturated carbocycles. The lowest BCUT2D eigenvalue weighted by Gasteiger charge is -2.22. The SMILES string of the molecule is C=CCOC(=O)NCCNC(=O)CC(CNC(=O)OC(C)(C)C)CC(C)C. The molecule has 0 aliphatic heterocycles. The molecule has 156 valence electrons. The van der Waals surface area contributed by atoms with Crippen LogP contribution < -0.4 is 16.0 Å². The summed E-state index contributed by atoms with van der Waals surface area (Å²) < 4.78 is 9.98. The van der Waals surface area contributed by atoms with Gasteiger partial charge in [-0.05, 0) is 39.0 Å². The Morgan fingerprint density at radius 1 is 1.04 bits per heavy atom. The van der Waals surface area contributed by atoms with Gasteiger partial charge in [0.05, 0.1) is 0 Å². The maximum atomic E-state index is 12.1. The fourth-order valence-electron chi connectivity index (χ4n) is 2.33.